The Hall–Kier alpha value is -3.57. The molecule has 1 aromatic heterocycles. The maximum Gasteiger partial charge on any atom is 0.275 e. The Kier molecular flexibility index (Phi) is 5.78. The minimum atomic E-state index is -0.328. The van der Waals surface area contributed by atoms with Crippen LogP contribution in [0.4, 0.5) is 0 Å². The van der Waals surface area contributed by atoms with E-state index >= 15 is 0 Å². The normalized spacial score (nSPS) is 11.2. The van der Waals surface area contributed by atoms with Crippen molar-refractivity contribution in [2.45, 2.75) is 13.8 Å². The molecule has 0 atom stereocenters. The molecule has 31 heavy (non-hydrogen) atoms. The van der Waals surface area contributed by atoms with E-state index in [1.54, 1.807) is 13.3 Å². The van der Waals surface area contributed by atoms with Gasteiger partial charge in [-0.25, -0.2) is 5.43 Å². The van der Waals surface area contributed by atoms with Gasteiger partial charge < -0.3 is 9.30 Å². The lowest BCUT2D eigenvalue weighted by atomic mass is 10.1. The third kappa shape index (κ3) is 4.18. The molecule has 0 saturated carbocycles. The van der Waals surface area contributed by atoms with Crippen LogP contribution in [0.5, 0.6) is 5.75 Å². The summed E-state index contributed by atoms with van der Waals surface area (Å²) in [5, 5.41) is 6.85. The molecule has 1 heterocycles. The lowest BCUT2D eigenvalue weighted by Crippen LogP contribution is -2.18. The average Bonchev–Trinajstić information content (AvgIpc) is 3.06. The Balaban J connectivity index is 1.57. The lowest BCUT2D eigenvalue weighted by molar-refractivity contribution is 0.0952. The van der Waals surface area contributed by atoms with E-state index in [2.05, 4.69) is 15.1 Å². The van der Waals surface area contributed by atoms with Gasteiger partial charge in [0.1, 0.15) is 5.75 Å². The minimum absolute atomic E-state index is 0.328. The molecule has 0 fully saturated rings. The van der Waals surface area contributed by atoms with Gasteiger partial charge in [0.2, 0.25) is 0 Å². The predicted octanol–water partition coefficient (Wildman–Crippen LogP) is 5.67. The molecule has 0 spiro atoms. The van der Waals surface area contributed by atoms with E-state index in [1.165, 1.54) is 0 Å². The number of carbonyl (C=O) groups is 1. The first kappa shape index (κ1) is 20.7. The summed E-state index contributed by atoms with van der Waals surface area (Å²) in [6, 6.07) is 21.2. The number of hydrogen-bond donors (Lipinski definition) is 1. The zero-order valence-electron chi connectivity index (χ0n) is 17.5. The molecule has 0 unspecified atom stereocenters. The summed E-state index contributed by atoms with van der Waals surface area (Å²) in [4.78, 5) is 12.7. The molecule has 4 aromatic rings. The molecule has 3 aromatic carbocycles. The van der Waals surface area contributed by atoms with Crippen molar-refractivity contribution in [1.82, 2.24) is 9.99 Å². The van der Waals surface area contributed by atoms with Gasteiger partial charge in [0.05, 0.1) is 18.9 Å². The van der Waals surface area contributed by atoms with E-state index in [9.17, 15) is 4.79 Å². The molecule has 0 radical (unpaired) electrons. The number of nitrogens with one attached hydrogen (secondary N) is 1. The predicted molar refractivity (Wildman–Crippen MR) is 126 cm³/mol. The fraction of sp³-hybridized carbons (Fsp3) is 0.120. The molecular formula is C25H22ClN3O2. The van der Waals surface area contributed by atoms with E-state index < -0.39 is 0 Å². The van der Waals surface area contributed by atoms with Gasteiger partial charge in [-0.05, 0) is 67.1 Å². The molecule has 0 aliphatic rings. The van der Waals surface area contributed by atoms with Crippen LogP contribution in [0.25, 0.3) is 16.5 Å². The zero-order chi connectivity index (χ0) is 22.0. The maximum absolute atomic E-state index is 12.7. The van der Waals surface area contributed by atoms with Crippen LogP contribution < -0.4 is 10.2 Å². The van der Waals surface area contributed by atoms with Crippen molar-refractivity contribution in [2.75, 3.05) is 7.11 Å². The molecule has 5 nitrogen and oxygen atoms in total. The number of hydrazone groups is 1. The van der Waals surface area contributed by atoms with Gasteiger partial charge in [0.15, 0.2) is 0 Å². The standard InChI is InChI=1S/C25H22ClN3O2/c1-16-12-20(17(2)29(16)22-10-8-21(26)9-11-22)15-27-28-25(30)23-13-18-6-4-5-7-19(18)14-24(23)31-3/h4-15H,1-3H3,(H,28,30)/b27-15+. The second kappa shape index (κ2) is 8.66. The summed E-state index contributed by atoms with van der Waals surface area (Å²) in [5.74, 6) is 0.178. The zero-order valence-corrected chi connectivity index (χ0v) is 18.3. The lowest BCUT2D eigenvalue weighted by Gasteiger charge is -2.10. The molecule has 156 valence electrons. The Morgan fingerprint density at radius 1 is 1.03 bits per heavy atom. The van der Waals surface area contributed by atoms with Gasteiger partial charge in [-0.2, -0.15) is 5.10 Å². The van der Waals surface area contributed by atoms with E-state index in [0.717, 1.165) is 33.4 Å². The minimum Gasteiger partial charge on any atom is -0.496 e. The number of rotatable bonds is 5. The largest absolute Gasteiger partial charge is 0.496 e. The maximum atomic E-state index is 12.7. The van der Waals surface area contributed by atoms with Crippen LogP contribution in [0, 0.1) is 13.8 Å². The van der Waals surface area contributed by atoms with Crippen LogP contribution in [0.2, 0.25) is 5.02 Å². The number of aromatic nitrogens is 1. The monoisotopic (exact) mass is 431 g/mol. The Morgan fingerprint density at radius 3 is 2.39 bits per heavy atom. The van der Waals surface area contributed by atoms with E-state index in [-0.39, 0.29) is 5.91 Å². The highest BCUT2D eigenvalue weighted by Gasteiger charge is 2.14. The number of aryl methyl sites for hydroxylation is 1. The summed E-state index contributed by atoms with van der Waals surface area (Å²) in [6.07, 6.45) is 1.65. The van der Waals surface area contributed by atoms with Crippen molar-refractivity contribution in [3.05, 3.63) is 94.3 Å². The summed E-state index contributed by atoms with van der Waals surface area (Å²) in [7, 11) is 1.55. The Labute approximate surface area is 185 Å². The Morgan fingerprint density at radius 2 is 1.71 bits per heavy atom. The number of ether oxygens (including phenoxy) is 1. The molecule has 1 N–H and O–H groups in total. The number of nitrogens with zero attached hydrogens (tertiary/aromatic N) is 2. The van der Waals surface area contributed by atoms with E-state index in [1.807, 2.05) is 80.6 Å². The van der Waals surface area contributed by atoms with E-state index in [0.29, 0.717) is 16.3 Å². The number of fused-ring (bicyclic) bond motifs is 1. The van der Waals surface area contributed by atoms with Gasteiger partial charge in [-0.15, -0.1) is 0 Å². The first-order chi connectivity index (χ1) is 15.0. The van der Waals surface area contributed by atoms with Crippen LogP contribution in [0.15, 0.2) is 71.8 Å². The molecular weight excluding hydrogens is 410 g/mol. The number of benzene rings is 3. The summed E-state index contributed by atoms with van der Waals surface area (Å²) < 4.78 is 7.53. The van der Waals surface area contributed by atoms with Crippen molar-refractivity contribution in [1.29, 1.82) is 0 Å². The van der Waals surface area contributed by atoms with Gasteiger partial charge in [0, 0.05) is 27.7 Å². The van der Waals surface area contributed by atoms with Crippen LogP contribution in [0.3, 0.4) is 0 Å². The van der Waals surface area contributed by atoms with Crippen molar-refractivity contribution in [3.8, 4) is 11.4 Å². The number of halogens is 1. The summed E-state index contributed by atoms with van der Waals surface area (Å²) in [6.45, 7) is 4.04. The van der Waals surface area contributed by atoms with Gasteiger partial charge in [-0.1, -0.05) is 35.9 Å². The molecule has 0 saturated heterocycles. The van der Waals surface area contributed by atoms with Gasteiger partial charge in [0.25, 0.3) is 5.91 Å². The topological polar surface area (TPSA) is 55.6 Å². The highest BCUT2D eigenvalue weighted by atomic mass is 35.5. The highest BCUT2D eigenvalue weighted by Crippen LogP contribution is 2.26. The van der Waals surface area contributed by atoms with Crippen molar-refractivity contribution >= 4 is 34.5 Å². The third-order valence-corrected chi connectivity index (χ3v) is 5.49. The quantitative estimate of drug-likeness (QED) is 0.327. The second-order valence-corrected chi connectivity index (χ2v) is 7.67. The smallest absolute Gasteiger partial charge is 0.275 e. The van der Waals surface area contributed by atoms with Crippen molar-refractivity contribution in [2.24, 2.45) is 5.10 Å². The molecule has 0 aliphatic carbocycles. The molecule has 6 heteroatoms. The van der Waals surface area contributed by atoms with E-state index in [4.69, 9.17) is 16.3 Å². The highest BCUT2D eigenvalue weighted by molar-refractivity contribution is 6.30. The first-order valence-electron chi connectivity index (χ1n) is 9.83. The van der Waals surface area contributed by atoms with Crippen LogP contribution in [-0.4, -0.2) is 23.8 Å². The van der Waals surface area contributed by atoms with Crippen LogP contribution in [-0.2, 0) is 0 Å². The third-order valence-electron chi connectivity index (χ3n) is 5.24. The molecule has 4 rings (SSSR count). The molecule has 0 aliphatic heterocycles. The summed E-state index contributed by atoms with van der Waals surface area (Å²) in [5.41, 5.74) is 7.06. The second-order valence-electron chi connectivity index (χ2n) is 7.24. The van der Waals surface area contributed by atoms with Gasteiger partial charge >= 0.3 is 0 Å². The number of carbonyl (C=O) groups excluding carboxylic acids is 1. The van der Waals surface area contributed by atoms with Crippen molar-refractivity contribution < 1.29 is 9.53 Å². The SMILES string of the molecule is COc1cc2ccccc2cc1C(=O)N/N=C/c1cc(C)n(-c2ccc(Cl)cc2)c1C. The van der Waals surface area contributed by atoms with Crippen molar-refractivity contribution in [3.63, 3.8) is 0 Å². The van der Waals surface area contributed by atoms with Crippen LogP contribution in [0.1, 0.15) is 27.3 Å². The molecule has 0 bridgehead atoms. The fourth-order valence-electron chi connectivity index (χ4n) is 3.69. The summed E-state index contributed by atoms with van der Waals surface area (Å²) >= 11 is 6.01. The first-order valence-corrected chi connectivity index (χ1v) is 10.2. The van der Waals surface area contributed by atoms with Gasteiger partial charge in [-0.3, -0.25) is 4.79 Å². The fourth-order valence-corrected chi connectivity index (χ4v) is 3.82. The Bertz CT molecular complexity index is 1290. The molecule has 1 amide bonds. The average molecular weight is 432 g/mol. The number of amides is 1. The van der Waals surface area contributed by atoms with Crippen LogP contribution >= 0.6 is 11.6 Å². The number of hydrogen-bond acceptors (Lipinski definition) is 3. The number of methoxy groups -OCH3 is 1.